The number of benzene rings is 3. The molecule has 0 amide bonds. The van der Waals surface area contributed by atoms with Gasteiger partial charge in [0.05, 0.1) is 48.5 Å². The van der Waals surface area contributed by atoms with Gasteiger partial charge in [-0.25, -0.2) is 13.5 Å². The third-order valence-electron chi connectivity index (χ3n) is 6.23. The molecule has 2 atom stereocenters. The van der Waals surface area contributed by atoms with Gasteiger partial charge in [-0.15, -0.1) is 5.10 Å². The lowest BCUT2D eigenvalue weighted by Crippen LogP contribution is -2.17. The quantitative estimate of drug-likeness (QED) is 0.369. The van der Waals surface area contributed by atoms with Crippen LogP contribution in [0.5, 0.6) is 6.01 Å². The number of fused-ring (bicyclic) bond motifs is 1. The van der Waals surface area contributed by atoms with Crippen molar-refractivity contribution < 1.29 is 23.4 Å². The van der Waals surface area contributed by atoms with Gasteiger partial charge in [0.2, 0.25) is 0 Å². The van der Waals surface area contributed by atoms with Crippen LogP contribution in [0.1, 0.15) is 6.42 Å². The minimum Gasteiger partial charge on any atom is -0.459 e. The molecule has 2 aromatic heterocycles. The normalized spacial score (nSPS) is 17.6. The highest BCUT2D eigenvalue weighted by Crippen LogP contribution is 2.34. The van der Waals surface area contributed by atoms with Gasteiger partial charge in [-0.1, -0.05) is 41.6 Å². The first kappa shape index (κ1) is 22.3. The molecule has 0 bridgehead atoms. The summed E-state index contributed by atoms with van der Waals surface area (Å²) in [5.74, 6) is -1.47. The van der Waals surface area contributed by atoms with Crippen LogP contribution in [0.25, 0.3) is 39.0 Å². The largest absolute Gasteiger partial charge is 0.459 e. The Balaban J connectivity index is 1.26. The molecule has 2 N–H and O–H groups in total. The number of halogens is 2. The maximum atomic E-state index is 15.4. The fourth-order valence-corrected chi connectivity index (χ4v) is 4.40. The predicted octanol–water partition coefficient (Wildman–Crippen LogP) is 4.28. The Hall–Kier alpha value is -4.15. The van der Waals surface area contributed by atoms with Crippen LogP contribution < -0.4 is 4.74 Å². The minimum atomic E-state index is -0.767. The van der Waals surface area contributed by atoms with Gasteiger partial charge < -0.3 is 19.6 Å². The minimum absolute atomic E-state index is 0.00759. The fraction of sp³-hybridized carbons (Fsp3) is 0.192. The highest BCUT2D eigenvalue weighted by molar-refractivity contribution is 5.84. The number of hydrogen-bond acceptors (Lipinski definition) is 6. The van der Waals surface area contributed by atoms with Gasteiger partial charge in [-0.2, -0.15) is 4.98 Å². The zero-order chi connectivity index (χ0) is 24.6. The van der Waals surface area contributed by atoms with Crippen molar-refractivity contribution in [3.63, 3.8) is 0 Å². The molecule has 0 unspecified atom stereocenters. The molecular formula is C26H21F2N5O3. The van der Waals surface area contributed by atoms with Gasteiger partial charge in [-0.3, -0.25) is 0 Å². The number of rotatable bonds is 6. The molecule has 3 aromatic carbocycles. The zero-order valence-electron chi connectivity index (χ0n) is 18.9. The molecule has 0 radical (unpaired) electrons. The zero-order valence-corrected chi connectivity index (χ0v) is 18.9. The molecule has 1 aliphatic heterocycles. The summed E-state index contributed by atoms with van der Waals surface area (Å²) in [6.45, 7) is 0.191. The molecule has 3 heterocycles. The van der Waals surface area contributed by atoms with Gasteiger partial charge in [0.25, 0.3) is 6.01 Å². The lowest BCUT2D eigenvalue weighted by Gasteiger charge is -2.08. The van der Waals surface area contributed by atoms with Crippen LogP contribution in [0.2, 0.25) is 0 Å². The van der Waals surface area contributed by atoms with E-state index in [-0.39, 0.29) is 41.4 Å². The molecule has 1 saturated heterocycles. The summed E-state index contributed by atoms with van der Waals surface area (Å²) in [6.07, 6.45) is 3.23. The van der Waals surface area contributed by atoms with E-state index in [0.29, 0.717) is 18.6 Å². The number of nitrogens with zero attached hydrogens (tertiary/aromatic N) is 4. The lowest BCUT2D eigenvalue weighted by molar-refractivity contribution is 0.0528. The monoisotopic (exact) mass is 489 g/mol. The maximum Gasteiger partial charge on any atom is 0.295 e. The molecule has 0 saturated carbocycles. The second kappa shape index (κ2) is 9.14. The number of imidazole rings is 1. The molecule has 182 valence electrons. The molecule has 0 aliphatic carbocycles. The van der Waals surface area contributed by atoms with E-state index in [2.05, 4.69) is 20.3 Å². The van der Waals surface area contributed by atoms with E-state index >= 15 is 4.39 Å². The van der Waals surface area contributed by atoms with Crippen molar-refractivity contribution in [3.05, 3.63) is 78.6 Å². The van der Waals surface area contributed by atoms with Crippen molar-refractivity contribution in [2.75, 3.05) is 13.2 Å². The first-order valence-electron chi connectivity index (χ1n) is 11.4. The van der Waals surface area contributed by atoms with Crippen molar-refractivity contribution in [3.8, 4) is 34.0 Å². The Morgan fingerprint density at radius 3 is 2.44 bits per heavy atom. The standard InChI is InChI=1S/C26H21F2N5O3/c27-21-12-22-25(31-26(30-22)36-20-11-19(13-34)35-14-20)24(28)23(21)17-3-1-15(2-4-17)16-5-7-18(8-6-16)33-10-9-29-32-33/h1-10,12,19-20,34H,11,13-14H2,(H,30,31)/t19-,20-/m0/s1. The number of aromatic amines is 1. The number of aromatic nitrogens is 5. The molecule has 36 heavy (non-hydrogen) atoms. The number of hydrogen-bond donors (Lipinski definition) is 2. The summed E-state index contributed by atoms with van der Waals surface area (Å²) in [6, 6.07) is 16.0. The fourth-order valence-electron chi connectivity index (χ4n) is 4.40. The van der Waals surface area contributed by atoms with Gasteiger partial charge in [0.15, 0.2) is 5.82 Å². The van der Waals surface area contributed by atoms with E-state index < -0.39 is 11.6 Å². The molecule has 1 aliphatic rings. The van der Waals surface area contributed by atoms with Crippen LogP contribution in [0.15, 0.2) is 67.0 Å². The third kappa shape index (κ3) is 4.10. The van der Waals surface area contributed by atoms with E-state index in [1.165, 1.54) is 6.07 Å². The summed E-state index contributed by atoms with van der Waals surface area (Å²) >= 11 is 0. The van der Waals surface area contributed by atoms with Crippen molar-refractivity contribution in [2.24, 2.45) is 0 Å². The van der Waals surface area contributed by atoms with Crippen LogP contribution in [0.4, 0.5) is 8.78 Å². The summed E-state index contributed by atoms with van der Waals surface area (Å²) in [7, 11) is 0. The summed E-state index contributed by atoms with van der Waals surface area (Å²) in [5.41, 5.74) is 3.17. The SMILES string of the molecule is OC[C@@H]1C[C@H](Oc2nc3c(F)c(-c4ccc(-c5ccc(-n6ccnn6)cc5)cc4)c(F)cc3[nH]2)CO1. The van der Waals surface area contributed by atoms with Crippen molar-refractivity contribution in [2.45, 2.75) is 18.6 Å². The van der Waals surface area contributed by atoms with Crippen LogP contribution in [-0.2, 0) is 4.74 Å². The number of nitrogens with one attached hydrogen (secondary N) is 1. The molecule has 1 fully saturated rings. The Labute approximate surface area is 204 Å². The predicted molar refractivity (Wildman–Crippen MR) is 128 cm³/mol. The molecule has 5 aromatic rings. The van der Waals surface area contributed by atoms with Crippen molar-refractivity contribution >= 4 is 11.0 Å². The second-order valence-corrected chi connectivity index (χ2v) is 8.57. The smallest absolute Gasteiger partial charge is 0.295 e. The van der Waals surface area contributed by atoms with Crippen molar-refractivity contribution in [1.82, 2.24) is 25.0 Å². The Kier molecular flexibility index (Phi) is 5.67. The second-order valence-electron chi connectivity index (χ2n) is 8.57. The topological polar surface area (TPSA) is 98.1 Å². The molecule has 10 heteroatoms. The molecular weight excluding hydrogens is 468 g/mol. The van der Waals surface area contributed by atoms with E-state index in [0.717, 1.165) is 16.8 Å². The van der Waals surface area contributed by atoms with Gasteiger partial charge in [0, 0.05) is 12.5 Å². The molecule has 6 rings (SSSR count). The maximum absolute atomic E-state index is 15.4. The van der Waals surface area contributed by atoms with E-state index in [4.69, 9.17) is 9.47 Å². The van der Waals surface area contributed by atoms with Crippen LogP contribution in [-0.4, -0.2) is 55.5 Å². The summed E-state index contributed by atoms with van der Waals surface area (Å²) in [4.78, 5) is 7.02. The molecule has 8 nitrogen and oxygen atoms in total. The average molecular weight is 489 g/mol. The van der Waals surface area contributed by atoms with Gasteiger partial charge in [0.1, 0.15) is 17.4 Å². The number of aliphatic hydroxyl groups is 1. The summed E-state index contributed by atoms with van der Waals surface area (Å²) < 4.78 is 43.2. The lowest BCUT2D eigenvalue weighted by atomic mass is 9.99. The van der Waals surface area contributed by atoms with Gasteiger partial charge >= 0.3 is 0 Å². The number of aliphatic hydroxyl groups excluding tert-OH is 1. The number of ether oxygens (including phenoxy) is 2. The Morgan fingerprint density at radius 1 is 1.06 bits per heavy atom. The highest BCUT2D eigenvalue weighted by atomic mass is 19.1. The number of H-pyrrole nitrogens is 1. The summed E-state index contributed by atoms with van der Waals surface area (Å²) in [5, 5.41) is 17.0. The average Bonchev–Trinajstić information content (AvgIpc) is 3.66. The van der Waals surface area contributed by atoms with E-state index in [1.54, 1.807) is 29.2 Å². The van der Waals surface area contributed by atoms with E-state index in [9.17, 15) is 9.50 Å². The van der Waals surface area contributed by atoms with Crippen LogP contribution >= 0.6 is 0 Å². The van der Waals surface area contributed by atoms with E-state index in [1.807, 2.05) is 36.4 Å². The van der Waals surface area contributed by atoms with Gasteiger partial charge in [-0.05, 0) is 28.8 Å². The Bertz CT molecular complexity index is 1500. The first-order valence-corrected chi connectivity index (χ1v) is 11.4. The Morgan fingerprint density at radius 2 is 1.78 bits per heavy atom. The van der Waals surface area contributed by atoms with Crippen LogP contribution in [0, 0.1) is 11.6 Å². The first-order chi connectivity index (χ1) is 17.6. The third-order valence-corrected chi connectivity index (χ3v) is 6.23. The van der Waals surface area contributed by atoms with Crippen LogP contribution in [0.3, 0.4) is 0 Å². The molecule has 0 spiro atoms. The van der Waals surface area contributed by atoms with Crippen molar-refractivity contribution in [1.29, 1.82) is 0 Å². The highest BCUT2D eigenvalue weighted by Gasteiger charge is 2.28.